The molecule has 0 N–H and O–H groups in total. The Morgan fingerprint density at radius 2 is 2.00 bits per heavy atom. The molecule has 0 fully saturated rings. The monoisotopic (exact) mass is 241 g/mol. The minimum Gasteiger partial charge on any atom is -0.368 e. The Kier molecular flexibility index (Phi) is 9.56. The van der Waals surface area contributed by atoms with E-state index in [1.54, 1.807) is 13.3 Å². The van der Waals surface area contributed by atoms with E-state index in [0.29, 0.717) is 6.61 Å². The molecule has 0 amide bonds. The Hall–Kier alpha value is -1.19. The molecule has 0 aliphatic rings. The summed E-state index contributed by atoms with van der Waals surface area (Å²) in [5.74, 6) is 0. The summed E-state index contributed by atoms with van der Waals surface area (Å²) in [4.78, 5) is 13.9. The molecule has 0 aliphatic heterocycles. The van der Waals surface area contributed by atoms with Crippen molar-refractivity contribution in [1.29, 1.82) is 0 Å². The number of nitrogens with zero attached hydrogens (tertiary/aromatic N) is 1. The van der Waals surface area contributed by atoms with E-state index in [-0.39, 0.29) is 6.61 Å². The molecule has 16 heavy (non-hydrogen) atoms. The van der Waals surface area contributed by atoms with E-state index < -0.39 is 5.24 Å². The second-order valence-electron chi connectivity index (χ2n) is 2.85. The zero-order chi connectivity index (χ0) is 12.2. The second kappa shape index (κ2) is 10.3. The number of rotatable bonds is 4. The van der Waals surface area contributed by atoms with Crippen molar-refractivity contribution in [2.24, 2.45) is 4.99 Å². The van der Waals surface area contributed by atoms with Gasteiger partial charge in [-0.2, -0.15) is 0 Å². The average molecular weight is 242 g/mol. The molecule has 0 atom stereocenters. The summed E-state index contributed by atoms with van der Waals surface area (Å²) in [7, 11) is 1.75. The zero-order valence-electron chi connectivity index (χ0n) is 9.52. The summed E-state index contributed by atoms with van der Waals surface area (Å²) in [6, 6.07) is 9.62. The Morgan fingerprint density at radius 1 is 1.44 bits per heavy atom. The highest BCUT2D eigenvalue weighted by atomic mass is 35.5. The van der Waals surface area contributed by atoms with Crippen LogP contribution in [0.25, 0.3) is 0 Å². The maximum atomic E-state index is 10.3. The molecule has 1 rings (SSSR count). The first-order valence-electron chi connectivity index (χ1n) is 4.87. The molecule has 0 radical (unpaired) electrons. The van der Waals surface area contributed by atoms with Crippen LogP contribution in [0.5, 0.6) is 0 Å². The van der Waals surface area contributed by atoms with Crippen molar-refractivity contribution in [1.82, 2.24) is 0 Å². The van der Waals surface area contributed by atoms with E-state index in [1.807, 2.05) is 37.3 Å². The lowest BCUT2D eigenvalue weighted by Crippen LogP contribution is -2.01. The largest absolute Gasteiger partial charge is 0.368 e. The molecule has 0 heterocycles. The van der Waals surface area contributed by atoms with Crippen molar-refractivity contribution >= 4 is 23.1 Å². The van der Waals surface area contributed by atoms with E-state index in [1.165, 1.54) is 0 Å². The fraction of sp³-hybridized carbons (Fsp3) is 0.333. The van der Waals surface area contributed by atoms with E-state index in [0.717, 1.165) is 5.56 Å². The van der Waals surface area contributed by atoms with Crippen molar-refractivity contribution < 1.29 is 9.53 Å². The second-order valence-corrected chi connectivity index (χ2v) is 3.27. The lowest BCUT2D eigenvalue weighted by molar-refractivity contribution is -0.116. The van der Waals surface area contributed by atoms with Crippen molar-refractivity contribution in [3.63, 3.8) is 0 Å². The predicted octanol–water partition coefficient (Wildman–Crippen LogP) is 2.68. The van der Waals surface area contributed by atoms with Gasteiger partial charge >= 0.3 is 0 Å². The van der Waals surface area contributed by atoms with Crippen molar-refractivity contribution in [3.05, 3.63) is 35.9 Å². The summed E-state index contributed by atoms with van der Waals surface area (Å²) in [6.45, 7) is 2.29. The third kappa shape index (κ3) is 9.37. The molecule has 88 valence electrons. The normalized spacial score (nSPS) is 9.69. The van der Waals surface area contributed by atoms with Gasteiger partial charge in [0.05, 0.1) is 6.61 Å². The number of aliphatic imine (C=N–C) groups is 1. The van der Waals surface area contributed by atoms with Crippen molar-refractivity contribution in [2.75, 3.05) is 13.7 Å². The lowest BCUT2D eigenvalue weighted by Gasteiger charge is -1.99. The summed E-state index contributed by atoms with van der Waals surface area (Å²) in [6.07, 6.45) is 1.75. The molecule has 0 spiro atoms. The fourth-order valence-corrected chi connectivity index (χ4v) is 0.901. The maximum absolute atomic E-state index is 10.3. The van der Waals surface area contributed by atoms with Gasteiger partial charge in [-0.25, -0.2) is 0 Å². The quantitative estimate of drug-likeness (QED) is 0.601. The Balaban J connectivity index is 0.000000487. The molecule has 4 heteroatoms. The number of carbonyl (C=O) groups is 1. The first kappa shape index (κ1) is 14.8. The zero-order valence-corrected chi connectivity index (χ0v) is 10.3. The molecule has 0 bridgehead atoms. The topological polar surface area (TPSA) is 38.7 Å². The Bertz CT molecular complexity index is 308. The Morgan fingerprint density at radius 3 is 2.44 bits per heavy atom. The number of ether oxygens (including phenoxy) is 1. The standard InChI is InChI=1S/C9H9ClO2.C3H7N/c10-9(11)7-12-6-8-4-2-1-3-5-8;1-3-4-2/h1-5H,6-7H2;3H,1-2H3. The third-order valence-corrected chi connectivity index (χ3v) is 1.69. The number of benzene rings is 1. The first-order valence-corrected chi connectivity index (χ1v) is 5.25. The summed E-state index contributed by atoms with van der Waals surface area (Å²) in [5.41, 5.74) is 1.04. The number of hydrogen-bond donors (Lipinski definition) is 0. The van der Waals surface area contributed by atoms with Crippen LogP contribution in [-0.2, 0) is 16.1 Å². The first-order chi connectivity index (χ1) is 7.70. The third-order valence-electron chi connectivity index (χ3n) is 1.59. The fourth-order valence-electron chi connectivity index (χ4n) is 0.823. The van der Waals surface area contributed by atoms with Gasteiger partial charge < -0.3 is 9.73 Å². The van der Waals surface area contributed by atoms with Gasteiger partial charge in [0.25, 0.3) is 0 Å². The van der Waals surface area contributed by atoms with E-state index in [4.69, 9.17) is 16.3 Å². The van der Waals surface area contributed by atoms with Crippen LogP contribution in [0.15, 0.2) is 35.3 Å². The average Bonchev–Trinajstić information content (AvgIpc) is 2.30. The van der Waals surface area contributed by atoms with Crippen LogP contribution in [0, 0.1) is 0 Å². The molecule has 1 aromatic carbocycles. The van der Waals surface area contributed by atoms with Crippen LogP contribution in [0.3, 0.4) is 0 Å². The highest BCUT2D eigenvalue weighted by molar-refractivity contribution is 6.63. The van der Waals surface area contributed by atoms with E-state index >= 15 is 0 Å². The van der Waals surface area contributed by atoms with Crippen LogP contribution >= 0.6 is 11.6 Å². The van der Waals surface area contributed by atoms with Gasteiger partial charge in [-0.3, -0.25) is 4.79 Å². The molecule has 0 aromatic heterocycles. The number of hydrogen-bond acceptors (Lipinski definition) is 3. The van der Waals surface area contributed by atoms with Gasteiger partial charge in [0, 0.05) is 7.05 Å². The molecule has 0 unspecified atom stereocenters. The summed E-state index contributed by atoms with van der Waals surface area (Å²) < 4.78 is 5.00. The highest BCUT2D eigenvalue weighted by Gasteiger charge is 1.95. The van der Waals surface area contributed by atoms with Crippen LogP contribution in [0.1, 0.15) is 12.5 Å². The van der Waals surface area contributed by atoms with Crippen LogP contribution in [0.4, 0.5) is 0 Å². The molecule has 1 aromatic rings. The van der Waals surface area contributed by atoms with Crippen LogP contribution < -0.4 is 0 Å². The lowest BCUT2D eigenvalue weighted by atomic mass is 10.2. The molecule has 0 saturated carbocycles. The van der Waals surface area contributed by atoms with Gasteiger partial charge in [-0.15, -0.1) is 0 Å². The summed E-state index contributed by atoms with van der Waals surface area (Å²) >= 11 is 5.08. The van der Waals surface area contributed by atoms with Gasteiger partial charge in [-0.1, -0.05) is 30.3 Å². The predicted molar refractivity (Wildman–Crippen MR) is 67.0 cm³/mol. The van der Waals surface area contributed by atoms with Crippen LogP contribution in [-0.4, -0.2) is 25.1 Å². The van der Waals surface area contributed by atoms with Crippen LogP contribution in [0.2, 0.25) is 0 Å². The van der Waals surface area contributed by atoms with E-state index in [9.17, 15) is 4.79 Å². The van der Waals surface area contributed by atoms with Crippen molar-refractivity contribution in [3.8, 4) is 0 Å². The smallest absolute Gasteiger partial charge is 0.247 e. The molecule has 3 nitrogen and oxygen atoms in total. The van der Waals surface area contributed by atoms with Gasteiger partial charge in [0.2, 0.25) is 5.24 Å². The van der Waals surface area contributed by atoms with Gasteiger partial charge in [0.15, 0.2) is 0 Å². The highest BCUT2D eigenvalue weighted by Crippen LogP contribution is 2.00. The van der Waals surface area contributed by atoms with E-state index in [2.05, 4.69) is 4.99 Å². The van der Waals surface area contributed by atoms with Gasteiger partial charge in [0.1, 0.15) is 6.61 Å². The molecular formula is C12H16ClNO2. The minimum atomic E-state index is -0.467. The Labute approximate surface area is 101 Å². The molecule has 0 saturated heterocycles. The molecule has 0 aliphatic carbocycles. The van der Waals surface area contributed by atoms with Gasteiger partial charge in [-0.05, 0) is 30.3 Å². The summed E-state index contributed by atoms with van der Waals surface area (Å²) in [5, 5.41) is -0.467. The number of carbonyl (C=O) groups excluding carboxylic acids is 1. The minimum absolute atomic E-state index is 0.0313. The maximum Gasteiger partial charge on any atom is 0.247 e. The molecular weight excluding hydrogens is 226 g/mol. The van der Waals surface area contributed by atoms with Crippen molar-refractivity contribution in [2.45, 2.75) is 13.5 Å². The SMILES string of the molecule is CC=NC.O=C(Cl)COCc1ccccc1. The number of halogens is 1.